The minimum absolute atomic E-state index is 0. The van der Waals surface area contributed by atoms with E-state index in [2.05, 4.69) is 27.7 Å². The van der Waals surface area contributed by atoms with Crippen LogP contribution < -0.4 is 0 Å². The van der Waals surface area contributed by atoms with Gasteiger partial charge in [0.05, 0.1) is 0 Å². The quantitative estimate of drug-likeness (QED) is 0.0504. The van der Waals surface area contributed by atoms with Crippen LogP contribution >= 0.6 is 0 Å². The van der Waals surface area contributed by atoms with Crippen molar-refractivity contribution in [1.82, 2.24) is 0 Å². The summed E-state index contributed by atoms with van der Waals surface area (Å²) in [6.07, 6.45) is 42.9. The van der Waals surface area contributed by atoms with Crippen LogP contribution in [0.25, 0.3) is 0 Å². The Morgan fingerprint density at radius 2 is 0.526 bits per heavy atom. The fourth-order valence-electron chi connectivity index (χ4n) is 6.19. The van der Waals surface area contributed by atoms with Gasteiger partial charge in [-0.15, -0.1) is 0 Å². The van der Waals surface area contributed by atoms with E-state index in [4.69, 9.17) is 0 Å². The Morgan fingerprint density at radius 1 is 0.316 bits per heavy atom. The monoisotopic (exact) mass is 682 g/mol. The second kappa shape index (κ2) is 39.2. The maximum absolute atomic E-state index is 4.03. The number of unbranched alkanes of at least 4 members (excludes halogenated alkanes) is 22. The fraction of sp³-hybridized carbons (Fsp3) is 0.944. The molecular formula is C36H72Y2-2. The van der Waals surface area contributed by atoms with E-state index in [0.717, 1.165) is 24.7 Å². The van der Waals surface area contributed by atoms with Gasteiger partial charge in [-0.2, -0.15) is 12.8 Å². The smallest absolute Gasteiger partial charge is 0 e. The summed E-state index contributed by atoms with van der Waals surface area (Å²) in [5, 5.41) is 0. The normalized spacial score (nSPS) is 12.6. The van der Waals surface area contributed by atoms with E-state index >= 15 is 0 Å². The Labute approximate surface area is 294 Å². The maximum atomic E-state index is 4.03. The van der Waals surface area contributed by atoms with E-state index in [1.807, 2.05) is 0 Å². The Bertz CT molecular complexity index is 348. The molecule has 0 amide bonds. The van der Waals surface area contributed by atoms with Crippen molar-refractivity contribution in [3.63, 3.8) is 0 Å². The van der Waals surface area contributed by atoms with Crippen LogP contribution in [0.3, 0.4) is 0 Å². The molecule has 0 aliphatic rings. The van der Waals surface area contributed by atoms with Gasteiger partial charge in [0.25, 0.3) is 0 Å². The maximum Gasteiger partial charge on any atom is 0 e. The van der Waals surface area contributed by atoms with E-state index < -0.39 is 0 Å². The second-order valence-electron chi connectivity index (χ2n) is 12.2. The Morgan fingerprint density at radius 3 is 0.763 bits per heavy atom. The molecule has 0 aromatic rings. The van der Waals surface area contributed by atoms with Crippen molar-refractivity contribution in [3.05, 3.63) is 13.8 Å². The van der Waals surface area contributed by atoms with Gasteiger partial charge in [-0.1, -0.05) is 194 Å². The third kappa shape index (κ3) is 32.7. The Balaban J connectivity index is -0.00000612. The topological polar surface area (TPSA) is 0 Å². The molecule has 0 aromatic heterocycles. The van der Waals surface area contributed by atoms with Crippen molar-refractivity contribution < 1.29 is 65.4 Å². The van der Waals surface area contributed by atoms with E-state index in [1.54, 1.807) is 0 Å². The van der Waals surface area contributed by atoms with Gasteiger partial charge in [-0.3, -0.25) is 0 Å². The zero-order chi connectivity index (χ0) is 26.4. The van der Waals surface area contributed by atoms with Gasteiger partial charge in [0.15, 0.2) is 0 Å². The molecule has 0 saturated heterocycles. The molecule has 224 valence electrons. The van der Waals surface area contributed by atoms with Crippen molar-refractivity contribution in [1.29, 1.82) is 0 Å². The summed E-state index contributed by atoms with van der Waals surface area (Å²) in [4.78, 5) is 0. The van der Waals surface area contributed by atoms with Crippen LogP contribution in [-0.4, -0.2) is 0 Å². The molecule has 2 heteroatoms. The minimum atomic E-state index is 0. The first-order valence-corrected chi connectivity index (χ1v) is 17.4. The predicted molar refractivity (Wildman–Crippen MR) is 168 cm³/mol. The van der Waals surface area contributed by atoms with Crippen LogP contribution in [-0.2, 0) is 65.4 Å². The molecule has 38 heavy (non-hydrogen) atoms. The van der Waals surface area contributed by atoms with E-state index in [1.165, 1.54) is 180 Å². The summed E-state index contributed by atoms with van der Waals surface area (Å²) in [6.45, 7) is 12.7. The molecule has 0 nitrogen and oxygen atoms in total. The standard InChI is InChI=1S/C36H72.2Y/c1-5-9-13-17-21-25-29-33-35(31-27-23-19-15-11-7-3)36(32-28-24-20-16-12-8-4)34-30-26-22-18-14-10-6-2;;/h35-36H,3-34H2,1-2H3;;/q-2;;. The molecule has 0 bridgehead atoms. The van der Waals surface area contributed by atoms with Gasteiger partial charge in [-0.25, -0.2) is 0 Å². The minimum Gasteiger partial charge on any atom is -0.343 e. The molecule has 2 radical (unpaired) electrons. The van der Waals surface area contributed by atoms with Crippen molar-refractivity contribution in [2.75, 3.05) is 0 Å². The molecule has 0 saturated carbocycles. The second-order valence-corrected chi connectivity index (χ2v) is 12.2. The molecular weight excluding hydrogens is 610 g/mol. The van der Waals surface area contributed by atoms with Crippen LogP contribution in [0.1, 0.15) is 206 Å². The van der Waals surface area contributed by atoms with Crippen LogP contribution in [0.4, 0.5) is 0 Å². The molecule has 0 fully saturated rings. The number of hydrogen-bond donors (Lipinski definition) is 0. The summed E-state index contributed by atoms with van der Waals surface area (Å²) in [7, 11) is 0. The van der Waals surface area contributed by atoms with Gasteiger partial charge >= 0.3 is 0 Å². The van der Waals surface area contributed by atoms with Gasteiger partial charge in [0.1, 0.15) is 0 Å². The SMILES string of the molecule is [CH2-]CCCCCCCC(CCCCCCCCC)C(CCCCCCC[CH2-])CCCCCCCCC.[Y].[Y]. The average molecular weight is 683 g/mol. The summed E-state index contributed by atoms with van der Waals surface area (Å²) >= 11 is 0. The first-order valence-electron chi connectivity index (χ1n) is 17.4. The van der Waals surface area contributed by atoms with Crippen LogP contribution in [0, 0.1) is 25.7 Å². The molecule has 0 aliphatic heterocycles. The first-order chi connectivity index (χ1) is 17.8. The molecule has 0 spiro atoms. The third-order valence-electron chi connectivity index (χ3n) is 8.67. The Hall–Kier alpha value is 2.21. The molecule has 0 aromatic carbocycles. The van der Waals surface area contributed by atoms with E-state index in [9.17, 15) is 0 Å². The number of hydrogen-bond acceptors (Lipinski definition) is 0. The summed E-state index contributed by atoms with van der Waals surface area (Å²) in [6, 6.07) is 0. The fourth-order valence-corrected chi connectivity index (χ4v) is 6.19. The van der Waals surface area contributed by atoms with Crippen LogP contribution in [0.15, 0.2) is 0 Å². The van der Waals surface area contributed by atoms with Gasteiger partial charge in [0.2, 0.25) is 0 Å². The molecule has 0 N–H and O–H groups in total. The van der Waals surface area contributed by atoms with Crippen LogP contribution in [0.2, 0.25) is 0 Å². The van der Waals surface area contributed by atoms with Crippen molar-refractivity contribution in [3.8, 4) is 0 Å². The summed E-state index contributed by atoms with van der Waals surface area (Å²) in [5.74, 6) is 2.02. The van der Waals surface area contributed by atoms with Gasteiger partial charge in [0, 0.05) is 65.4 Å². The zero-order valence-corrected chi connectivity index (χ0v) is 32.6. The molecule has 2 atom stereocenters. The molecule has 2 unspecified atom stereocenters. The average Bonchev–Trinajstić information content (AvgIpc) is 2.89. The van der Waals surface area contributed by atoms with Crippen molar-refractivity contribution in [2.24, 2.45) is 11.8 Å². The molecule has 0 rings (SSSR count). The summed E-state index contributed by atoms with van der Waals surface area (Å²) in [5.41, 5.74) is 0. The third-order valence-corrected chi connectivity index (χ3v) is 8.67. The molecule has 0 heterocycles. The first kappa shape index (κ1) is 44.6. The van der Waals surface area contributed by atoms with Crippen molar-refractivity contribution >= 4 is 0 Å². The summed E-state index contributed by atoms with van der Waals surface area (Å²) < 4.78 is 0. The van der Waals surface area contributed by atoms with E-state index in [0.29, 0.717) is 0 Å². The molecule has 0 aliphatic carbocycles. The van der Waals surface area contributed by atoms with Gasteiger partial charge < -0.3 is 13.8 Å². The van der Waals surface area contributed by atoms with Crippen LogP contribution in [0.5, 0.6) is 0 Å². The number of rotatable bonds is 31. The predicted octanol–water partition coefficient (Wildman–Crippen LogP) is 13.6. The van der Waals surface area contributed by atoms with Crippen molar-refractivity contribution in [2.45, 2.75) is 206 Å². The zero-order valence-electron chi connectivity index (χ0n) is 26.9. The Kier molecular flexibility index (Phi) is 46.1. The largest absolute Gasteiger partial charge is 0.343 e. The van der Waals surface area contributed by atoms with E-state index in [-0.39, 0.29) is 65.4 Å². The van der Waals surface area contributed by atoms with Gasteiger partial charge in [-0.05, 0) is 11.8 Å².